The summed E-state index contributed by atoms with van der Waals surface area (Å²) in [5, 5.41) is 0. The SMILES string of the molecule is NC(=O)CC(=O)c1cccnc1. The van der Waals surface area contributed by atoms with Crippen LogP contribution < -0.4 is 5.73 Å². The van der Waals surface area contributed by atoms with E-state index in [1.54, 1.807) is 18.3 Å². The van der Waals surface area contributed by atoms with Crippen LogP contribution in [0.1, 0.15) is 16.8 Å². The van der Waals surface area contributed by atoms with Crippen molar-refractivity contribution in [2.24, 2.45) is 5.73 Å². The van der Waals surface area contributed by atoms with E-state index in [0.29, 0.717) is 5.56 Å². The highest BCUT2D eigenvalue weighted by Gasteiger charge is 2.07. The van der Waals surface area contributed by atoms with Crippen molar-refractivity contribution < 1.29 is 9.59 Å². The molecule has 0 spiro atoms. The number of nitrogens with zero attached hydrogens (tertiary/aromatic N) is 1. The molecule has 4 nitrogen and oxygen atoms in total. The number of primary amides is 1. The first-order chi connectivity index (χ1) is 5.70. The first-order valence-electron chi connectivity index (χ1n) is 3.41. The zero-order chi connectivity index (χ0) is 8.97. The maximum atomic E-state index is 11.1. The summed E-state index contributed by atoms with van der Waals surface area (Å²) in [5.41, 5.74) is 5.26. The van der Waals surface area contributed by atoms with Crippen molar-refractivity contribution in [3.05, 3.63) is 30.1 Å². The number of ketones is 1. The van der Waals surface area contributed by atoms with Gasteiger partial charge in [-0.2, -0.15) is 0 Å². The van der Waals surface area contributed by atoms with Crippen molar-refractivity contribution in [3.63, 3.8) is 0 Å². The summed E-state index contributed by atoms with van der Waals surface area (Å²) >= 11 is 0. The Morgan fingerprint density at radius 1 is 1.50 bits per heavy atom. The predicted molar refractivity (Wildman–Crippen MR) is 42.4 cm³/mol. The smallest absolute Gasteiger partial charge is 0.225 e. The first kappa shape index (κ1) is 8.39. The lowest BCUT2D eigenvalue weighted by molar-refractivity contribution is -0.117. The number of carbonyl (C=O) groups excluding carboxylic acids is 2. The van der Waals surface area contributed by atoms with Gasteiger partial charge in [-0.1, -0.05) is 0 Å². The second kappa shape index (κ2) is 3.61. The molecule has 0 atom stereocenters. The molecule has 1 aromatic rings. The van der Waals surface area contributed by atoms with Crippen LogP contribution in [0.15, 0.2) is 24.5 Å². The van der Waals surface area contributed by atoms with Crippen LogP contribution in [0.4, 0.5) is 0 Å². The minimum Gasteiger partial charge on any atom is -0.369 e. The van der Waals surface area contributed by atoms with E-state index in [-0.39, 0.29) is 12.2 Å². The largest absolute Gasteiger partial charge is 0.369 e. The molecule has 0 aliphatic carbocycles. The molecule has 0 aromatic carbocycles. The Morgan fingerprint density at radius 3 is 2.75 bits per heavy atom. The summed E-state index contributed by atoms with van der Waals surface area (Å²) in [7, 11) is 0. The van der Waals surface area contributed by atoms with Crippen molar-refractivity contribution in [1.82, 2.24) is 4.98 Å². The number of rotatable bonds is 3. The van der Waals surface area contributed by atoms with E-state index in [4.69, 9.17) is 5.73 Å². The van der Waals surface area contributed by atoms with Gasteiger partial charge in [0.15, 0.2) is 5.78 Å². The van der Waals surface area contributed by atoms with Gasteiger partial charge in [-0.25, -0.2) is 0 Å². The quantitative estimate of drug-likeness (QED) is 0.510. The Labute approximate surface area is 69.4 Å². The molecule has 0 fully saturated rings. The van der Waals surface area contributed by atoms with Crippen molar-refractivity contribution >= 4 is 11.7 Å². The van der Waals surface area contributed by atoms with Gasteiger partial charge in [-0.05, 0) is 12.1 Å². The van der Waals surface area contributed by atoms with E-state index in [1.165, 1.54) is 6.20 Å². The third kappa shape index (κ3) is 2.16. The van der Waals surface area contributed by atoms with Crippen LogP contribution in [0.5, 0.6) is 0 Å². The number of aromatic nitrogens is 1. The van der Waals surface area contributed by atoms with E-state index in [9.17, 15) is 9.59 Å². The van der Waals surface area contributed by atoms with E-state index in [1.807, 2.05) is 0 Å². The van der Waals surface area contributed by atoms with Gasteiger partial charge in [0.1, 0.15) is 0 Å². The van der Waals surface area contributed by atoms with E-state index < -0.39 is 5.91 Å². The lowest BCUT2D eigenvalue weighted by atomic mass is 10.1. The topological polar surface area (TPSA) is 73.1 Å². The molecular formula is C8H8N2O2. The molecule has 0 unspecified atom stereocenters. The van der Waals surface area contributed by atoms with Crippen LogP contribution in [-0.2, 0) is 4.79 Å². The normalized spacial score (nSPS) is 9.33. The highest BCUT2D eigenvalue weighted by atomic mass is 16.2. The van der Waals surface area contributed by atoms with Crippen LogP contribution in [-0.4, -0.2) is 16.7 Å². The molecule has 1 amide bonds. The van der Waals surface area contributed by atoms with Crippen LogP contribution in [0.25, 0.3) is 0 Å². The molecule has 0 saturated heterocycles. The maximum absolute atomic E-state index is 11.1. The molecule has 0 bridgehead atoms. The van der Waals surface area contributed by atoms with Crippen LogP contribution in [0.2, 0.25) is 0 Å². The number of carbonyl (C=O) groups is 2. The fourth-order valence-corrected chi connectivity index (χ4v) is 0.788. The van der Waals surface area contributed by atoms with Crippen LogP contribution in [0.3, 0.4) is 0 Å². The Hall–Kier alpha value is -1.71. The Morgan fingerprint density at radius 2 is 2.25 bits per heavy atom. The Kier molecular flexibility index (Phi) is 2.53. The number of hydrogen-bond donors (Lipinski definition) is 1. The number of nitrogens with two attached hydrogens (primary N) is 1. The molecule has 4 heteroatoms. The predicted octanol–water partition coefficient (Wildman–Crippen LogP) is 0.140. The first-order valence-corrected chi connectivity index (χ1v) is 3.41. The molecule has 1 rings (SSSR count). The second-order valence-corrected chi connectivity index (χ2v) is 2.31. The molecule has 1 heterocycles. The van der Waals surface area contributed by atoms with Gasteiger partial charge in [-0.3, -0.25) is 14.6 Å². The highest BCUT2D eigenvalue weighted by Crippen LogP contribution is 1.99. The van der Waals surface area contributed by atoms with E-state index >= 15 is 0 Å². The van der Waals surface area contributed by atoms with Gasteiger partial charge in [0.2, 0.25) is 5.91 Å². The maximum Gasteiger partial charge on any atom is 0.225 e. The van der Waals surface area contributed by atoms with Gasteiger partial charge in [0.25, 0.3) is 0 Å². The molecule has 12 heavy (non-hydrogen) atoms. The van der Waals surface area contributed by atoms with E-state index in [2.05, 4.69) is 4.98 Å². The fourth-order valence-electron chi connectivity index (χ4n) is 0.788. The van der Waals surface area contributed by atoms with Crippen molar-refractivity contribution in [1.29, 1.82) is 0 Å². The Bertz CT molecular complexity index is 295. The zero-order valence-electron chi connectivity index (χ0n) is 6.36. The molecule has 2 N–H and O–H groups in total. The molecule has 0 aliphatic heterocycles. The Balaban J connectivity index is 2.73. The monoisotopic (exact) mass is 164 g/mol. The summed E-state index contributed by atoms with van der Waals surface area (Å²) in [6, 6.07) is 3.23. The summed E-state index contributed by atoms with van der Waals surface area (Å²) in [6.45, 7) is 0. The van der Waals surface area contributed by atoms with Gasteiger partial charge in [0, 0.05) is 18.0 Å². The average Bonchev–Trinajstić information content (AvgIpc) is 2.05. The lowest BCUT2D eigenvalue weighted by Crippen LogP contribution is -2.16. The minimum atomic E-state index is -0.621. The van der Waals surface area contributed by atoms with Crippen molar-refractivity contribution in [3.8, 4) is 0 Å². The molecule has 62 valence electrons. The van der Waals surface area contributed by atoms with Crippen LogP contribution >= 0.6 is 0 Å². The number of pyridine rings is 1. The highest BCUT2D eigenvalue weighted by molar-refractivity contribution is 6.06. The summed E-state index contributed by atoms with van der Waals surface area (Å²) < 4.78 is 0. The number of amides is 1. The molecule has 0 radical (unpaired) electrons. The lowest BCUT2D eigenvalue weighted by Gasteiger charge is -1.95. The molecule has 1 aromatic heterocycles. The minimum absolute atomic E-state index is 0.258. The molecule has 0 saturated carbocycles. The van der Waals surface area contributed by atoms with Crippen molar-refractivity contribution in [2.75, 3.05) is 0 Å². The standard InChI is InChI=1S/C8H8N2O2/c9-8(12)4-7(11)6-2-1-3-10-5-6/h1-3,5H,4H2,(H2,9,12). The second-order valence-electron chi connectivity index (χ2n) is 2.31. The van der Waals surface area contributed by atoms with Crippen molar-refractivity contribution in [2.45, 2.75) is 6.42 Å². The summed E-state index contributed by atoms with van der Waals surface area (Å²) in [4.78, 5) is 25.2. The third-order valence-corrected chi connectivity index (χ3v) is 1.32. The molecular weight excluding hydrogens is 156 g/mol. The summed E-state index contributed by atoms with van der Waals surface area (Å²) in [6.07, 6.45) is 2.71. The van der Waals surface area contributed by atoms with Gasteiger partial charge >= 0.3 is 0 Å². The number of hydrogen-bond acceptors (Lipinski definition) is 3. The third-order valence-electron chi connectivity index (χ3n) is 1.32. The van der Waals surface area contributed by atoms with Gasteiger partial charge in [0.05, 0.1) is 6.42 Å². The molecule has 0 aliphatic rings. The van der Waals surface area contributed by atoms with Crippen LogP contribution in [0, 0.1) is 0 Å². The fraction of sp³-hybridized carbons (Fsp3) is 0.125. The summed E-state index contributed by atoms with van der Waals surface area (Å²) in [5.74, 6) is -0.917. The average molecular weight is 164 g/mol. The zero-order valence-corrected chi connectivity index (χ0v) is 6.36. The van der Waals surface area contributed by atoms with E-state index in [0.717, 1.165) is 0 Å². The number of Topliss-reactive ketones (excluding diaryl/α,β-unsaturated/α-hetero) is 1. The van der Waals surface area contributed by atoms with Gasteiger partial charge < -0.3 is 5.73 Å². The van der Waals surface area contributed by atoms with Gasteiger partial charge in [-0.15, -0.1) is 0 Å².